The van der Waals surface area contributed by atoms with Gasteiger partial charge < -0.3 is 19.7 Å². The molecule has 1 atom stereocenters. The number of pyridine rings is 1. The Bertz CT molecular complexity index is 1980. The van der Waals surface area contributed by atoms with Gasteiger partial charge in [-0.25, -0.2) is 19.6 Å². The fourth-order valence-corrected chi connectivity index (χ4v) is 5.97. The van der Waals surface area contributed by atoms with Gasteiger partial charge in [0, 0.05) is 68.0 Å². The topological polar surface area (TPSA) is 140 Å². The molecule has 2 N–H and O–H groups in total. The van der Waals surface area contributed by atoms with Gasteiger partial charge in [0.25, 0.3) is 5.91 Å². The summed E-state index contributed by atoms with van der Waals surface area (Å²) in [7, 11) is 3.74. The predicted molar refractivity (Wildman–Crippen MR) is 190 cm³/mol. The maximum atomic E-state index is 13.0. The number of nitrogens with one attached hydrogen (secondary N) is 2. The van der Waals surface area contributed by atoms with Crippen LogP contribution >= 0.6 is 0 Å². The molecular weight excluding hydrogens is 634 g/mol. The van der Waals surface area contributed by atoms with E-state index in [1.165, 1.54) is 12.8 Å². The lowest BCUT2D eigenvalue weighted by atomic mass is 10.2. The number of hydrogen-bond acceptors (Lipinski definition) is 10. The first-order valence-corrected chi connectivity index (χ1v) is 16.7. The molecule has 0 radical (unpaired) electrons. The number of methoxy groups -OCH3 is 1. The van der Waals surface area contributed by atoms with Gasteiger partial charge in [0.2, 0.25) is 11.9 Å². The average molecular weight is 674 g/mol. The lowest BCUT2D eigenvalue weighted by Gasteiger charge is -2.16. The molecule has 5 aromatic rings. The van der Waals surface area contributed by atoms with Gasteiger partial charge >= 0.3 is 0 Å². The Hall–Kier alpha value is -5.82. The van der Waals surface area contributed by atoms with E-state index in [1.54, 1.807) is 68.2 Å². The number of ether oxygens (including phenoxy) is 2. The van der Waals surface area contributed by atoms with E-state index < -0.39 is 0 Å². The number of nitrogens with zero attached hydrogens (tertiary/aromatic N) is 7. The Morgan fingerprint density at radius 2 is 1.72 bits per heavy atom. The molecule has 3 aromatic heterocycles. The fourth-order valence-electron chi connectivity index (χ4n) is 5.97. The molecule has 0 spiro atoms. The largest absolute Gasteiger partial charge is 0.497 e. The predicted octanol–water partition coefficient (Wildman–Crippen LogP) is 4.99. The summed E-state index contributed by atoms with van der Waals surface area (Å²) in [4.78, 5) is 42.7. The second-order valence-corrected chi connectivity index (χ2v) is 12.5. The maximum Gasteiger partial charge on any atom is 0.258 e. The first-order chi connectivity index (χ1) is 24.4. The minimum atomic E-state index is -0.328. The fraction of sp³-hybridized carbons (Fsp3) is 0.297. The zero-order valence-electron chi connectivity index (χ0n) is 28.0. The first kappa shape index (κ1) is 32.7. The van der Waals surface area contributed by atoms with Gasteiger partial charge in [0.1, 0.15) is 22.6 Å². The van der Waals surface area contributed by atoms with Crippen LogP contribution in [0.4, 0.5) is 11.8 Å². The Kier molecular flexibility index (Phi) is 9.65. The highest BCUT2D eigenvalue weighted by Gasteiger charge is 2.28. The van der Waals surface area contributed by atoms with E-state index in [0.29, 0.717) is 54.2 Å². The number of aromatic nitrogens is 5. The van der Waals surface area contributed by atoms with Gasteiger partial charge in [0.05, 0.1) is 13.7 Å². The van der Waals surface area contributed by atoms with Crippen molar-refractivity contribution in [1.82, 2.24) is 34.5 Å². The van der Waals surface area contributed by atoms with E-state index in [-0.39, 0.29) is 23.8 Å². The molecule has 13 nitrogen and oxygen atoms in total. The van der Waals surface area contributed by atoms with Crippen molar-refractivity contribution in [2.24, 2.45) is 0 Å². The Labute approximate surface area is 289 Å². The summed E-state index contributed by atoms with van der Waals surface area (Å²) in [6.45, 7) is 2.46. The molecule has 256 valence electrons. The van der Waals surface area contributed by atoms with Crippen molar-refractivity contribution in [3.8, 4) is 17.2 Å². The summed E-state index contributed by atoms with van der Waals surface area (Å²) < 4.78 is 13.6. The normalized spacial score (nSPS) is 15.9. The summed E-state index contributed by atoms with van der Waals surface area (Å²) >= 11 is 0. The summed E-state index contributed by atoms with van der Waals surface area (Å²) in [5.41, 5.74) is 2.11. The number of amides is 2. The molecular formula is C37H39N9O4. The summed E-state index contributed by atoms with van der Waals surface area (Å²) in [6, 6.07) is 18.8. The van der Waals surface area contributed by atoms with Crippen molar-refractivity contribution in [2.45, 2.75) is 37.9 Å². The molecule has 2 fully saturated rings. The quantitative estimate of drug-likeness (QED) is 0.165. The lowest BCUT2D eigenvalue weighted by molar-refractivity contribution is -0.125. The van der Waals surface area contributed by atoms with Crippen LogP contribution in [0.5, 0.6) is 17.2 Å². The summed E-state index contributed by atoms with van der Waals surface area (Å²) in [5.74, 6) is 2.41. The van der Waals surface area contributed by atoms with Crippen molar-refractivity contribution in [3.63, 3.8) is 0 Å². The zero-order chi connectivity index (χ0) is 34.5. The summed E-state index contributed by atoms with van der Waals surface area (Å²) in [6.07, 6.45) is 11.7. The van der Waals surface area contributed by atoms with E-state index in [1.807, 2.05) is 39.9 Å². The molecule has 1 aliphatic heterocycles. The highest BCUT2D eigenvalue weighted by atomic mass is 16.5. The van der Waals surface area contributed by atoms with Crippen LogP contribution in [0.3, 0.4) is 0 Å². The molecule has 0 unspecified atom stereocenters. The van der Waals surface area contributed by atoms with Crippen LogP contribution in [0.2, 0.25) is 0 Å². The van der Waals surface area contributed by atoms with E-state index in [9.17, 15) is 9.59 Å². The third-order valence-electron chi connectivity index (χ3n) is 8.89. The first-order valence-electron chi connectivity index (χ1n) is 16.7. The van der Waals surface area contributed by atoms with E-state index in [2.05, 4.69) is 32.5 Å². The minimum absolute atomic E-state index is 0.00605. The van der Waals surface area contributed by atoms with Gasteiger partial charge in [-0.1, -0.05) is 18.2 Å². The second-order valence-electron chi connectivity index (χ2n) is 12.5. The van der Waals surface area contributed by atoms with Crippen LogP contribution in [-0.2, 0) is 11.3 Å². The van der Waals surface area contributed by atoms with Crippen LogP contribution in [0, 0.1) is 0 Å². The molecule has 2 aromatic carbocycles. The van der Waals surface area contributed by atoms with Crippen molar-refractivity contribution >= 4 is 34.6 Å². The van der Waals surface area contributed by atoms with Gasteiger partial charge in [-0.15, -0.1) is 0 Å². The molecule has 50 heavy (non-hydrogen) atoms. The molecule has 4 heterocycles. The SMILES string of the molecule is COc1ccc(Cn2nc(N[C@@H]3CCN(C(=O)/C=C/CN(C)C4CC4)C3)c3c(Oc4ccc(C(=O)Nc5ncccn5)cc4)ccnc32)cc1. The number of fused-ring (bicyclic) bond motifs is 1. The van der Waals surface area contributed by atoms with E-state index >= 15 is 0 Å². The highest BCUT2D eigenvalue weighted by Crippen LogP contribution is 2.35. The second kappa shape index (κ2) is 14.7. The monoisotopic (exact) mass is 673 g/mol. The van der Waals surface area contributed by atoms with Gasteiger partial charge in [-0.05, 0) is 74.3 Å². The molecule has 1 saturated heterocycles. The maximum absolute atomic E-state index is 13.0. The van der Waals surface area contributed by atoms with E-state index in [4.69, 9.17) is 19.6 Å². The molecule has 2 aliphatic rings. The number of benzene rings is 2. The van der Waals surface area contributed by atoms with E-state index in [0.717, 1.165) is 29.7 Å². The Balaban J connectivity index is 1.10. The highest BCUT2D eigenvalue weighted by molar-refractivity contribution is 6.03. The number of hydrogen-bond donors (Lipinski definition) is 2. The average Bonchev–Trinajstić information content (AvgIpc) is 3.80. The third-order valence-corrected chi connectivity index (χ3v) is 8.89. The number of carbonyl (C=O) groups is 2. The molecule has 1 aliphatic carbocycles. The van der Waals surface area contributed by atoms with Crippen LogP contribution < -0.4 is 20.1 Å². The summed E-state index contributed by atoms with van der Waals surface area (Å²) in [5, 5.41) is 12.0. The molecule has 7 rings (SSSR count). The minimum Gasteiger partial charge on any atom is -0.497 e. The zero-order valence-corrected chi connectivity index (χ0v) is 28.0. The number of carbonyl (C=O) groups excluding carboxylic acids is 2. The smallest absolute Gasteiger partial charge is 0.258 e. The molecule has 0 bridgehead atoms. The number of likely N-dealkylation sites (N-methyl/N-ethyl adjacent to an activating group) is 1. The molecule has 13 heteroatoms. The van der Waals surface area contributed by atoms with Crippen LogP contribution in [0.25, 0.3) is 11.0 Å². The van der Waals surface area contributed by atoms with Crippen molar-refractivity contribution < 1.29 is 19.1 Å². The van der Waals surface area contributed by atoms with Crippen LogP contribution in [0.15, 0.2) is 91.4 Å². The van der Waals surface area contributed by atoms with Gasteiger partial charge in [0.15, 0.2) is 11.5 Å². The molecule has 2 amide bonds. The Morgan fingerprint density at radius 3 is 2.46 bits per heavy atom. The number of likely N-dealkylation sites (tertiary alicyclic amines) is 1. The standard InChI is InChI=1S/C37H39N9O4/c1-44(28-10-11-28)21-3-5-32(47)45-22-17-27(24-45)41-34-33-31(16-20-38-35(33)46(43-34)23-25-6-12-29(49-2)13-7-25)50-30-14-8-26(9-15-30)36(48)42-37-39-18-4-19-40-37/h3-9,12-16,18-20,27-28H,10-11,17,21-24H2,1-2H3,(H,41,43)(H,39,40,42,48)/b5-3+/t27-/m1/s1. The van der Waals surface area contributed by atoms with Crippen LogP contribution in [-0.4, -0.2) is 92.2 Å². The third kappa shape index (κ3) is 7.73. The van der Waals surface area contributed by atoms with Gasteiger partial charge in [-0.3, -0.25) is 19.8 Å². The molecule has 1 saturated carbocycles. The van der Waals surface area contributed by atoms with Crippen LogP contribution in [0.1, 0.15) is 35.2 Å². The van der Waals surface area contributed by atoms with Crippen molar-refractivity contribution in [1.29, 1.82) is 0 Å². The number of rotatable bonds is 13. The lowest BCUT2D eigenvalue weighted by Crippen LogP contribution is -2.30. The number of anilines is 2. The van der Waals surface area contributed by atoms with Crippen molar-refractivity contribution in [2.75, 3.05) is 44.4 Å². The van der Waals surface area contributed by atoms with Gasteiger partial charge in [-0.2, -0.15) is 5.10 Å². The Morgan fingerprint density at radius 1 is 0.960 bits per heavy atom. The van der Waals surface area contributed by atoms with Crippen molar-refractivity contribution in [3.05, 3.63) is 103 Å².